The van der Waals surface area contributed by atoms with Gasteiger partial charge in [-0.2, -0.15) is 0 Å². The SMILES string of the molecule is Cc1cc(C)cc(N(c2cc(C)cc(C)c2)c2sc3c(-c4cc(C(C)(C)C)c5ccccc5c4)nccc3c2C)c1. The van der Waals surface area contributed by atoms with Crippen LogP contribution in [0, 0.1) is 34.6 Å². The quantitative estimate of drug-likeness (QED) is 0.215. The maximum atomic E-state index is 5.01. The van der Waals surface area contributed by atoms with E-state index >= 15 is 0 Å². The first-order chi connectivity index (χ1) is 19.5. The van der Waals surface area contributed by atoms with Crippen LogP contribution in [0.1, 0.15) is 54.2 Å². The monoisotopic (exact) mass is 554 g/mol. The van der Waals surface area contributed by atoms with Gasteiger partial charge in [0.25, 0.3) is 0 Å². The fourth-order valence-electron chi connectivity index (χ4n) is 6.17. The van der Waals surface area contributed by atoms with Gasteiger partial charge in [-0.25, -0.2) is 0 Å². The van der Waals surface area contributed by atoms with Gasteiger partial charge in [-0.1, -0.05) is 57.2 Å². The predicted molar refractivity (Wildman–Crippen MR) is 180 cm³/mol. The first-order valence-electron chi connectivity index (χ1n) is 14.4. The van der Waals surface area contributed by atoms with E-state index in [9.17, 15) is 0 Å². The largest absolute Gasteiger partial charge is 0.302 e. The summed E-state index contributed by atoms with van der Waals surface area (Å²) in [7, 11) is 0. The number of aryl methyl sites for hydroxylation is 5. The molecule has 0 aliphatic heterocycles. The molecule has 0 N–H and O–H groups in total. The molecule has 0 saturated carbocycles. The Hall–Kier alpha value is -3.95. The van der Waals surface area contributed by atoms with Crippen LogP contribution in [-0.4, -0.2) is 4.98 Å². The van der Waals surface area contributed by atoms with E-state index in [1.807, 2.05) is 17.5 Å². The van der Waals surface area contributed by atoms with E-state index in [2.05, 4.69) is 139 Å². The number of hydrogen-bond donors (Lipinski definition) is 0. The normalized spacial score (nSPS) is 11.9. The van der Waals surface area contributed by atoms with Gasteiger partial charge in [0.15, 0.2) is 0 Å². The van der Waals surface area contributed by atoms with Crippen LogP contribution in [0.3, 0.4) is 0 Å². The fraction of sp³-hybridized carbons (Fsp3) is 0.237. The second-order valence-electron chi connectivity index (χ2n) is 12.6. The zero-order valence-electron chi connectivity index (χ0n) is 25.4. The molecule has 206 valence electrons. The van der Waals surface area contributed by atoms with E-state index in [-0.39, 0.29) is 5.41 Å². The molecule has 2 aromatic heterocycles. The Kier molecular flexibility index (Phi) is 6.74. The lowest BCUT2D eigenvalue weighted by molar-refractivity contribution is 0.596. The fourth-order valence-corrected chi connectivity index (χ4v) is 7.52. The molecular weight excluding hydrogens is 516 g/mol. The summed E-state index contributed by atoms with van der Waals surface area (Å²) in [6.45, 7) is 17.9. The smallest absolute Gasteiger partial charge is 0.104 e. The van der Waals surface area contributed by atoms with Crippen molar-refractivity contribution in [3.63, 3.8) is 0 Å². The second kappa shape index (κ2) is 10.2. The van der Waals surface area contributed by atoms with Crippen molar-refractivity contribution >= 4 is 48.6 Å². The van der Waals surface area contributed by atoms with Gasteiger partial charge >= 0.3 is 0 Å². The molecule has 0 unspecified atom stereocenters. The van der Waals surface area contributed by atoms with Crippen molar-refractivity contribution < 1.29 is 0 Å². The van der Waals surface area contributed by atoms with Crippen LogP contribution in [0.25, 0.3) is 32.1 Å². The van der Waals surface area contributed by atoms with Crippen LogP contribution < -0.4 is 4.90 Å². The van der Waals surface area contributed by atoms with Gasteiger partial charge in [-0.3, -0.25) is 4.98 Å². The van der Waals surface area contributed by atoms with Gasteiger partial charge in [0, 0.05) is 28.5 Å². The third kappa shape index (κ3) is 5.04. The second-order valence-corrected chi connectivity index (χ2v) is 13.6. The van der Waals surface area contributed by atoms with E-state index in [1.54, 1.807) is 0 Å². The van der Waals surface area contributed by atoms with E-state index in [0.29, 0.717) is 0 Å². The standard InChI is InChI=1S/C38H38N2S/c1-23-15-24(2)18-30(17-23)40(31-19-25(3)16-26(4)20-31)37-27(5)32-13-14-39-35(36(32)41-37)29-21-28-11-9-10-12-33(28)34(22-29)38(6,7)8/h9-22H,1-8H3. The molecule has 0 atom stereocenters. The highest BCUT2D eigenvalue weighted by molar-refractivity contribution is 7.23. The van der Waals surface area contributed by atoms with Crippen molar-refractivity contribution in [2.75, 3.05) is 4.90 Å². The summed E-state index contributed by atoms with van der Waals surface area (Å²) in [5.74, 6) is 0. The van der Waals surface area contributed by atoms with E-state index in [4.69, 9.17) is 4.98 Å². The van der Waals surface area contributed by atoms with Gasteiger partial charge in [-0.15, -0.1) is 11.3 Å². The number of pyridine rings is 1. The zero-order valence-corrected chi connectivity index (χ0v) is 26.2. The molecule has 0 bridgehead atoms. The highest BCUT2D eigenvalue weighted by Crippen LogP contribution is 2.48. The highest BCUT2D eigenvalue weighted by Gasteiger charge is 2.24. The Bertz CT molecular complexity index is 1840. The summed E-state index contributed by atoms with van der Waals surface area (Å²) in [5, 5.41) is 5.07. The zero-order chi connectivity index (χ0) is 29.1. The minimum Gasteiger partial charge on any atom is -0.302 e. The number of aromatic nitrogens is 1. The molecule has 0 spiro atoms. The van der Waals surface area contributed by atoms with Crippen molar-refractivity contribution in [2.24, 2.45) is 0 Å². The lowest BCUT2D eigenvalue weighted by Crippen LogP contribution is -2.12. The Balaban J connectivity index is 1.62. The summed E-state index contributed by atoms with van der Waals surface area (Å²) in [4.78, 5) is 7.46. The van der Waals surface area contributed by atoms with E-state index < -0.39 is 0 Å². The molecule has 0 fully saturated rings. The lowest BCUT2D eigenvalue weighted by atomic mass is 9.82. The number of fused-ring (bicyclic) bond motifs is 2. The first-order valence-corrected chi connectivity index (χ1v) is 15.2. The lowest BCUT2D eigenvalue weighted by Gasteiger charge is -2.26. The molecule has 3 heteroatoms. The number of nitrogens with zero attached hydrogens (tertiary/aromatic N) is 2. The van der Waals surface area contributed by atoms with Crippen LogP contribution in [0.2, 0.25) is 0 Å². The number of benzene rings is 4. The van der Waals surface area contributed by atoms with Crippen molar-refractivity contribution in [3.8, 4) is 11.3 Å². The number of anilines is 3. The number of thiophene rings is 1. The molecule has 0 aliphatic rings. The average molecular weight is 555 g/mol. The Morgan fingerprint density at radius 1 is 0.659 bits per heavy atom. The Morgan fingerprint density at radius 3 is 1.83 bits per heavy atom. The third-order valence-corrected chi connectivity index (χ3v) is 9.20. The molecule has 0 aliphatic carbocycles. The van der Waals surface area contributed by atoms with Crippen molar-refractivity contribution in [3.05, 3.63) is 118 Å². The molecule has 41 heavy (non-hydrogen) atoms. The molecule has 0 amide bonds. The minimum absolute atomic E-state index is 0.0168. The van der Waals surface area contributed by atoms with Crippen molar-refractivity contribution in [1.29, 1.82) is 0 Å². The van der Waals surface area contributed by atoms with Gasteiger partial charge < -0.3 is 4.90 Å². The van der Waals surface area contributed by atoms with E-state index in [0.717, 1.165) is 5.69 Å². The highest BCUT2D eigenvalue weighted by atomic mass is 32.1. The third-order valence-electron chi connectivity index (χ3n) is 7.90. The predicted octanol–water partition coefficient (Wildman–Crippen LogP) is 11.4. The summed E-state index contributed by atoms with van der Waals surface area (Å²) >= 11 is 1.85. The summed E-state index contributed by atoms with van der Waals surface area (Å²) < 4.78 is 1.23. The molecule has 2 nitrogen and oxygen atoms in total. The molecule has 0 radical (unpaired) electrons. The molecule has 2 heterocycles. The van der Waals surface area contributed by atoms with Crippen molar-refractivity contribution in [2.45, 2.75) is 60.8 Å². The van der Waals surface area contributed by atoms with Crippen LogP contribution in [-0.2, 0) is 5.41 Å². The number of rotatable bonds is 4. The summed E-state index contributed by atoms with van der Waals surface area (Å²) in [6.07, 6.45) is 1.98. The summed E-state index contributed by atoms with van der Waals surface area (Å²) in [6, 6.07) is 29.3. The minimum atomic E-state index is 0.0168. The molecule has 6 rings (SSSR count). The molecule has 4 aromatic carbocycles. The topological polar surface area (TPSA) is 16.1 Å². The van der Waals surface area contributed by atoms with Crippen LogP contribution >= 0.6 is 11.3 Å². The first kappa shape index (κ1) is 27.2. The van der Waals surface area contributed by atoms with Gasteiger partial charge in [0.05, 0.1) is 10.4 Å². The molecular formula is C38H38N2S. The van der Waals surface area contributed by atoms with Crippen molar-refractivity contribution in [1.82, 2.24) is 4.98 Å². The van der Waals surface area contributed by atoms with Crippen LogP contribution in [0.15, 0.2) is 85.1 Å². The molecule has 0 saturated heterocycles. The Morgan fingerprint density at radius 2 is 1.24 bits per heavy atom. The molecule has 6 aromatic rings. The van der Waals surface area contributed by atoms with Crippen LogP contribution in [0.5, 0.6) is 0 Å². The van der Waals surface area contributed by atoms with Crippen LogP contribution in [0.4, 0.5) is 16.4 Å². The van der Waals surface area contributed by atoms with Gasteiger partial charge in [-0.05, 0) is 127 Å². The summed E-state index contributed by atoms with van der Waals surface area (Å²) in [5.41, 5.74) is 12.3. The van der Waals surface area contributed by atoms with E-state index in [1.165, 1.54) is 76.2 Å². The average Bonchev–Trinajstić information content (AvgIpc) is 3.22. The number of hydrogen-bond acceptors (Lipinski definition) is 3. The van der Waals surface area contributed by atoms with Gasteiger partial charge in [0.2, 0.25) is 0 Å². The maximum absolute atomic E-state index is 5.01. The maximum Gasteiger partial charge on any atom is 0.104 e. The van der Waals surface area contributed by atoms with Gasteiger partial charge in [0.1, 0.15) is 5.00 Å². The Labute approximate surface area is 248 Å².